The van der Waals surface area contributed by atoms with Crippen molar-refractivity contribution in [2.24, 2.45) is 0 Å². The van der Waals surface area contributed by atoms with Gasteiger partial charge in [0.05, 0.1) is 5.60 Å². The minimum Gasteiger partial charge on any atom is -0.389 e. The molecule has 2 nitrogen and oxygen atoms in total. The smallest absolute Gasteiger partial charge is 0.0736 e. The van der Waals surface area contributed by atoms with Crippen molar-refractivity contribution in [3.05, 3.63) is 29.8 Å². The highest BCUT2D eigenvalue weighted by Crippen LogP contribution is 2.28. The molecule has 0 saturated carbocycles. The fourth-order valence-corrected chi connectivity index (χ4v) is 3.21. The van der Waals surface area contributed by atoms with Gasteiger partial charge in [-0.1, -0.05) is 32.9 Å². The van der Waals surface area contributed by atoms with Crippen molar-refractivity contribution in [1.82, 2.24) is 5.32 Å². The molecule has 0 aliphatic rings. The zero-order valence-electron chi connectivity index (χ0n) is 12.6. The monoisotopic (exact) mass is 281 g/mol. The van der Waals surface area contributed by atoms with Crippen molar-refractivity contribution in [2.75, 3.05) is 12.3 Å². The molecule has 1 aromatic rings. The Morgan fingerprint density at radius 1 is 1.26 bits per heavy atom. The number of aliphatic hydroxyl groups is 1. The Labute approximate surface area is 122 Å². The number of hydrogen-bond donors (Lipinski definition) is 2. The van der Waals surface area contributed by atoms with Crippen molar-refractivity contribution in [1.29, 1.82) is 0 Å². The number of rotatable bonds is 8. The predicted octanol–water partition coefficient (Wildman–Crippen LogP) is 4.00. The van der Waals surface area contributed by atoms with Gasteiger partial charge in [-0.15, -0.1) is 11.8 Å². The topological polar surface area (TPSA) is 32.3 Å². The lowest BCUT2D eigenvalue weighted by atomic mass is 10.0. The van der Waals surface area contributed by atoms with Gasteiger partial charge in [0.2, 0.25) is 0 Å². The maximum atomic E-state index is 10.3. The molecule has 0 aliphatic heterocycles. The van der Waals surface area contributed by atoms with Crippen LogP contribution in [0.5, 0.6) is 0 Å². The lowest BCUT2D eigenvalue weighted by Crippen LogP contribution is -2.29. The van der Waals surface area contributed by atoms with E-state index in [2.05, 4.69) is 43.4 Å². The summed E-state index contributed by atoms with van der Waals surface area (Å²) in [5.74, 6) is 0.763. The Hall–Kier alpha value is -0.510. The van der Waals surface area contributed by atoms with Gasteiger partial charge in [0.15, 0.2) is 0 Å². The Kier molecular flexibility index (Phi) is 6.90. The molecule has 0 heterocycles. The maximum Gasteiger partial charge on any atom is 0.0736 e. The van der Waals surface area contributed by atoms with E-state index in [0.717, 1.165) is 25.1 Å². The normalized spacial score (nSPS) is 13.5. The quantitative estimate of drug-likeness (QED) is 0.706. The summed E-state index contributed by atoms with van der Waals surface area (Å²) >= 11 is 1.75. The number of benzene rings is 1. The minimum absolute atomic E-state index is 0.377. The average molecular weight is 281 g/mol. The standard InChI is InChI=1S/C16H27NOS/c1-5-16(18,6-2)12-19-15-10-8-9-14(11-15)13(4)17-7-3/h8-11,13,17-18H,5-7,12H2,1-4H3. The van der Waals surface area contributed by atoms with Crippen LogP contribution in [0.15, 0.2) is 29.2 Å². The highest BCUT2D eigenvalue weighted by Gasteiger charge is 2.22. The molecule has 108 valence electrons. The molecule has 19 heavy (non-hydrogen) atoms. The van der Waals surface area contributed by atoms with Crippen molar-refractivity contribution < 1.29 is 5.11 Å². The van der Waals surface area contributed by atoms with Crippen LogP contribution in [0.4, 0.5) is 0 Å². The van der Waals surface area contributed by atoms with E-state index in [4.69, 9.17) is 0 Å². The van der Waals surface area contributed by atoms with Gasteiger partial charge in [0.25, 0.3) is 0 Å². The van der Waals surface area contributed by atoms with Crippen molar-refractivity contribution in [2.45, 2.75) is 57.1 Å². The molecule has 0 saturated heterocycles. The Balaban J connectivity index is 2.67. The molecule has 2 N–H and O–H groups in total. The first-order chi connectivity index (χ1) is 9.04. The summed E-state index contributed by atoms with van der Waals surface area (Å²) < 4.78 is 0. The molecule has 1 unspecified atom stereocenters. The fourth-order valence-electron chi connectivity index (χ4n) is 1.97. The fraction of sp³-hybridized carbons (Fsp3) is 0.625. The lowest BCUT2D eigenvalue weighted by molar-refractivity contribution is 0.0572. The molecule has 0 amide bonds. The summed E-state index contributed by atoms with van der Waals surface area (Å²) in [4.78, 5) is 1.24. The van der Waals surface area contributed by atoms with Gasteiger partial charge in [-0.3, -0.25) is 0 Å². The van der Waals surface area contributed by atoms with Gasteiger partial charge in [0.1, 0.15) is 0 Å². The second-order valence-corrected chi connectivity index (χ2v) is 6.12. The van der Waals surface area contributed by atoms with Crippen LogP contribution in [0.2, 0.25) is 0 Å². The first kappa shape index (κ1) is 16.5. The molecular weight excluding hydrogens is 254 g/mol. The molecular formula is C16H27NOS. The summed E-state index contributed by atoms with van der Waals surface area (Å²) in [7, 11) is 0. The van der Waals surface area contributed by atoms with Crippen LogP contribution in [-0.4, -0.2) is 23.0 Å². The molecule has 1 aromatic carbocycles. The number of hydrogen-bond acceptors (Lipinski definition) is 3. The lowest BCUT2D eigenvalue weighted by Gasteiger charge is -2.24. The van der Waals surface area contributed by atoms with Crippen LogP contribution < -0.4 is 5.32 Å². The van der Waals surface area contributed by atoms with Gasteiger partial charge in [0, 0.05) is 16.7 Å². The SMILES string of the molecule is CCNC(C)c1cccc(SCC(O)(CC)CC)c1. The van der Waals surface area contributed by atoms with Gasteiger partial charge < -0.3 is 10.4 Å². The summed E-state index contributed by atoms with van der Waals surface area (Å²) in [6, 6.07) is 8.98. The highest BCUT2D eigenvalue weighted by molar-refractivity contribution is 7.99. The molecule has 3 heteroatoms. The van der Waals surface area contributed by atoms with Gasteiger partial charge in [-0.05, 0) is 44.0 Å². The summed E-state index contributed by atoms with van der Waals surface area (Å²) in [5.41, 5.74) is 0.775. The number of nitrogens with one attached hydrogen (secondary N) is 1. The molecule has 1 atom stereocenters. The molecule has 0 radical (unpaired) electrons. The van der Waals surface area contributed by atoms with E-state index in [1.165, 1.54) is 10.5 Å². The average Bonchev–Trinajstić information content (AvgIpc) is 2.45. The third-order valence-electron chi connectivity index (χ3n) is 3.69. The molecule has 0 aromatic heterocycles. The van der Waals surface area contributed by atoms with E-state index in [1.54, 1.807) is 11.8 Å². The van der Waals surface area contributed by atoms with Crippen molar-refractivity contribution in [3.63, 3.8) is 0 Å². The minimum atomic E-state index is -0.534. The Morgan fingerprint density at radius 2 is 1.95 bits per heavy atom. The molecule has 0 bridgehead atoms. The summed E-state index contributed by atoms with van der Waals surface area (Å²) in [5, 5.41) is 13.7. The Bertz CT molecular complexity index is 377. The largest absolute Gasteiger partial charge is 0.389 e. The van der Waals surface area contributed by atoms with Crippen molar-refractivity contribution in [3.8, 4) is 0 Å². The van der Waals surface area contributed by atoms with Crippen LogP contribution in [0.1, 0.15) is 52.1 Å². The van der Waals surface area contributed by atoms with E-state index >= 15 is 0 Å². The van der Waals surface area contributed by atoms with Gasteiger partial charge in [-0.25, -0.2) is 0 Å². The highest BCUT2D eigenvalue weighted by atomic mass is 32.2. The van der Waals surface area contributed by atoms with E-state index < -0.39 is 5.60 Å². The molecule has 0 aliphatic carbocycles. The summed E-state index contributed by atoms with van der Waals surface area (Å²) in [6.45, 7) is 9.38. The van der Waals surface area contributed by atoms with Crippen LogP contribution in [0.3, 0.4) is 0 Å². The van der Waals surface area contributed by atoms with E-state index in [0.29, 0.717) is 6.04 Å². The second-order valence-electron chi connectivity index (χ2n) is 5.07. The van der Waals surface area contributed by atoms with Gasteiger partial charge >= 0.3 is 0 Å². The maximum absolute atomic E-state index is 10.3. The molecule has 0 fully saturated rings. The van der Waals surface area contributed by atoms with Crippen molar-refractivity contribution >= 4 is 11.8 Å². The van der Waals surface area contributed by atoms with Crippen LogP contribution in [0.25, 0.3) is 0 Å². The van der Waals surface area contributed by atoms with E-state index in [-0.39, 0.29) is 0 Å². The first-order valence-electron chi connectivity index (χ1n) is 7.23. The molecule has 1 rings (SSSR count). The van der Waals surface area contributed by atoms with Crippen LogP contribution in [0, 0.1) is 0 Å². The molecule has 0 spiro atoms. The zero-order valence-corrected chi connectivity index (χ0v) is 13.4. The van der Waals surface area contributed by atoms with Gasteiger partial charge in [-0.2, -0.15) is 0 Å². The van der Waals surface area contributed by atoms with E-state index in [9.17, 15) is 5.11 Å². The third kappa shape index (κ3) is 5.17. The van der Waals surface area contributed by atoms with E-state index in [1.807, 2.05) is 13.8 Å². The number of thioether (sulfide) groups is 1. The Morgan fingerprint density at radius 3 is 2.53 bits per heavy atom. The van der Waals surface area contributed by atoms with Crippen LogP contribution >= 0.6 is 11.8 Å². The first-order valence-corrected chi connectivity index (χ1v) is 8.21. The zero-order chi connectivity index (χ0) is 14.3. The predicted molar refractivity (Wildman–Crippen MR) is 84.8 cm³/mol. The summed E-state index contributed by atoms with van der Waals surface area (Å²) in [6.07, 6.45) is 1.62. The third-order valence-corrected chi connectivity index (χ3v) is 4.96. The van der Waals surface area contributed by atoms with Crippen LogP contribution in [-0.2, 0) is 0 Å². The second kappa shape index (κ2) is 7.93.